The van der Waals surface area contributed by atoms with Crippen LogP contribution in [0.2, 0.25) is 0 Å². The number of benzene rings is 3. The number of carbonyl (C=O) groups excluding carboxylic acids is 1. The Morgan fingerprint density at radius 2 is 1.69 bits per heavy atom. The molecule has 5 rings (SSSR count). The van der Waals surface area contributed by atoms with Gasteiger partial charge in [-0.15, -0.1) is 0 Å². The molecule has 35 heavy (non-hydrogen) atoms. The summed E-state index contributed by atoms with van der Waals surface area (Å²) in [6, 6.07) is 22.5. The Morgan fingerprint density at radius 3 is 2.34 bits per heavy atom. The number of nitrogens with zero attached hydrogens (tertiary/aromatic N) is 2. The highest BCUT2D eigenvalue weighted by molar-refractivity contribution is 5.87. The fraction of sp³-hybridized carbons (Fsp3) is 0.207. The van der Waals surface area contributed by atoms with E-state index in [9.17, 15) is 9.18 Å². The maximum absolute atomic E-state index is 14.7. The molecule has 1 amide bonds. The highest BCUT2D eigenvalue weighted by atomic mass is 19.1. The fourth-order valence-corrected chi connectivity index (χ4v) is 4.56. The Bertz CT molecular complexity index is 1320. The minimum Gasteiger partial charge on any atom is -0.487 e. The topological polar surface area (TPSA) is 64.1 Å². The molecule has 1 N–H and O–H groups in total. The van der Waals surface area contributed by atoms with Crippen LogP contribution in [0.5, 0.6) is 5.75 Å². The lowest BCUT2D eigenvalue weighted by Crippen LogP contribution is -2.37. The molecule has 0 saturated heterocycles. The second-order valence-electron chi connectivity index (χ2n) is 8.79. The van der Waals surface area contributed by atoms with E-state index in [4.69, 9.17) is 4.74 Å². The predicted octanol–water partition coefficient (Wildman–Crippen LogP) is 5.15. The third-order valence-electron chi connectivity index (χ3n) is 6.28. The van der Waals surface area contributed by atoms with Gasteiger partial charge >= 0.3 is 0 Å². The van der Waals surface area contributed by atoms with E-state index in [1.807, 2.05) is 74.5 Å². The Kier molecular flexibility index (Phi) is 6.27. The molecule has 0 aliphatic carbocycles. The van der Waals surface area contributed by atoms with Crippen molar-refractivity contribution in [2.45, 2.75) is 32.3 Å². The number of aromatic nitrogens is 2. The van der Waals surface area contributed by atoms with Crippen molar-refractivity contribution in [3.05, 3.63) is 113 Å². The first-order valence-electron chi connectivity index (χ1n) is 11.7. The maximum Gasteiger partial charge on any atom is 0.232 e. The number of amides is 1. The Balaban J connectivity index is 1.36. The molecule has 176 valence electrons. The fourth-order valence-electron chi connectivity index (χ4n) is 4.56. The summed E-state index contributed by atoms with van der Waals surface area (Å²) in [6.07, 6.45) is 1.70. The van der Waals surface area contributed by atoms with Crippen LogP contribution in [0.15, 0.2) is 79.0 Å². The molecule has 0 radical (unpaired) electrons. The summed E-state index contributed by atoms with van der Waals surface area (Å²) >= 11 is 0. The van der Waals surface area contributed by atoms with Gasteiger partial charge in [-0.2, -0.15) is 0 Å². The summed E-state index contributed by atoms with van der Waals surface area (Å²) in [5.74, 6) is -0.404. The molecule has 6 heteroatoms. The van der Waals surface area contributed by atoms with Crippen molar-refractivity contribution < 1.29 is 13.9 Å². The molecule has 4 aromatic rings. The van der Waals surface area contributed by atoms with E-state index in [1.165, 1.54) is 6.07 Å². The summed E-state index contributed by atoms with van der Waals surface area (Å²) in [4.78, 5) is 22.3. The predicted molar refractivity (Wildman–Crippen MR) is 133 cm³/mol. The lowest BCUT2D eigenvalue weighted by atomic mass is 9.90. The van der Waals surface area contributed by atoms with E-state index < -0.39 is 5.92 Å². The van der Waals surface area contributed by atoms with Gasteiger partial charge in [0.05, 0.1) is 29.5 Å². The second kappa shape index (κ2) is 9.66. The van der Waals surface area contributed by atoms with Crippen molar-refractivity contribution in [2.75, 3.05) is 6.54 Å². The number of carbonyl (C=O) groups is 1. The van der Waals surface area contributed by atoms with E-state index in [-0.39, 0.29) is 24.4 Å². The number of rotatable bonds is 6. The third kappa shape index (κ3) is 4.64. The van der Waals surface area contributed by atoms with Gasteiger partial charge < -0.3 is 10.1 Å². The zero-order valence-corrected chi connectivity index (χ0v) is 19.7. The Hall–Kier alpha value is -4.06. The van der Waals surface area contributed by atoms with E-state index in [0.29, 0.717) is 23.4 Å². The van der Waals surface area contributed by atoms with Crippen LogP contribution in [0.25, 0.3) is 11.3 Å². The first kappa shape index (κ1) is 22.7. The number of hydrogen-bond donors (Lipinski definition) is 1. The summed E-state index contributed by atoms with van der Waals surface area (Å²) in [7, 11) is 0. The van der Waals surface area contributed by atoms with Gasteiger partial charge in [0.25, 0.3) is 0 Å². The normalized spacial score (nSPS) is 14.5. The van der Waals surface area contributed by atoms with Gasteiger partial charge in [0, 0.05) is 23.7 Å². The van der Waals surface area contributed by atoms with Gasteiger partial charge in [0.15, 0.2) is 0 Å². The van der Waals surface area contributed by atoms with Gasteiger partial charge in [-0.05, 0) is 37.1 Å². The molecule has 5 nitrogen and oxygen atoms in total. The molecule has 0 spiro atoms. The van der Waals surface area contributed by atoms with E-state index in [0.717, 1.165) is 28.1 Å². The van der Waals surface area contributed by atoms with E-state index >= 15 is 0 Å². The van der Waals surface area contributed by atoms with Crippen LogP contribution in [0.4, 0.5) is 4.39 Å². The summed E-state index contributed by atoms with van der Waals surface area (Å²) in [5.41, 5.74) is 5.25. The molecule has 0 saturated carbocycles. The Labute approximate surface area is 204 Å². The van der Waals surface area contributed by atoms with E-state index in [1.54, 1.807) is 12.3 Å². The molecule has 1 aliphatic rings. The van der Waals surface area contributed by atoms with Gasteiger partial charge in [-0.3, -0.25) is 9.78 Å². The molecule has 0 fully saturated rings. The van der Waals surface area contributed by atoms with Crippen molar-refractivity contribution in [3.63, 3.8) is 0 Å². The van der Waals surface area contributed by atoms with Gasteiger partial charge in [-0.25, -0.2) is 9.37 Å². The molecule has 1 aliphatic heterocycles. The smallest absolute Gasteiger partial charge is 0.232 e. The third-order valence-corrected chi connectivity index (χ3v) is 6.28. The van der Waals surface area contributed by atoms with Crippen molar-refractivity contribution in [2.24, 2.45) is 0 Å². The van der Waals surface area contributed by atoms with E-state index in [2.05, 4.69) is 15.3 Å². The zero-order valence-electron chi connectivity index (χ0n) is 19.7. The highest BCUT2D eigenvalue weighted by Crippen LogP contribution is 2.40. The average Bonchev–Trinajstić information content (AvgIpc) is 3.31. The van der Waals surface area contributed by atoms with Gasteiger partial charge in [0.1, 0.15) is 17.7 Å². The lowest BCUT2D eigenvalue weighted by Gasteiger charge is -2.20. The summed E-state index contributed by atoms with van der Waals surface area (Å²) in [6.45, 7) is 4.01. The lowest BCUT2D eigenvalue weighted by molar-refractivity contribution is -0.122. The van der Waals surface area contributed by atoms with Crippen LogP contribution < -0.4 is 10.1 Å². The van der Waals surface area contributed by atoms with Crippen LogP contribution in [0.1, 0.15) is 34.0 Å². The number of halogens is 1. The Morgan fingerprint density at radius 1 is 1.03 bits per heavy atom. The standard InChI is InChI=1S/C29H26FN3O2/c1-18-16-31-19(2)27(33-18)23-13-14-25(30)24-15-22(35-28(23)24)17-32-29(34)26(20-9-5-3-6-10-20)21-11-7-4-8-12-21/h3-14,16,22,26H,15,17H2,1-2H3,(H,32,34). The van der Waals surface area contributed by atoms with Crippen LogP contribution in [-0.2, 0) is 11.2 Å². The largest absolute Gasteiger partial charge is 0.487 e. The molecule has 3 aromatic carbocycles. The maximum atomic E-state index is 14.7. The van der Waals surface area contributed by atoms with Crippen LogP contribution in [0.3, 0.4) is 0 Å². The molecule has 1 unspecified atom stereocenters. The number of nitrogens with one attached hydrogen (secondary N) is 1. The minimum atomic E-state index is -0.446. The summed E-state index contributed by atoms with van der Waals surface area (Å²) in [5, 5.41) is 3.04. The van der Waals surface area contributed by atoms with Crippen molar-refractivity contribution in [1.29, 1.82) is 0 Å². The second-order valence-corrected chi connectivity index (χ2v) is 8.79. The number of fused-ring (bicyclic) bond motifs is 1. The first-order chi connectivity index (χ1) is 17.0. The zero-order chi connectivity index (χ0) is 24.4. The molecule has 1 aromatic heterocycles. The van der Waals surface area contributed by atoms with Crippen LogP contribution in [0, 0.1) is 19.7 Å². The number of ether oxygens (including phenoxy) is 1. The highest BCUT2D eigenvalue weighted by Gasteiger charge is 2.31. The van der Waals surface area contributed by atoms with Gasteiger partial charge in [0.2, 0.25) is 5.91 Å². The van der Waals surface area contributed by atoms with Crippen molar-refractivity contribution in [3.8, 4) is 17.0 Å². The molecule has 0 bridgehead atoms. The first-order valence-corrected chi connectivity index (χ1v) is 11.7. The molecule has 2 heterocycles. The minimum absolute atomic E-state index is 0.122. The van der Waals surface area contributed by atoms with Crippen LogP contribution in [-0.4, -0.2) is 28.5 Å². The van der Waals surface area contributed by atoms with Crippen molar-refractivity contribution in [1.82, 2.24) is 15.3 Å². The van der Waals surface area contributed by atoms with Crippen molar-refractivity contribution >= 4 is 5.91 Å². The van der Waals surface area contributed by atoms with Crippen LogP contribution >= 0.6 is 0 Å². The average molecular weight is 468 g/mol. The molecular weight excluding hydrogens is 441 g/mol. The molecule has 1 atom stereocenters. The molecular formula is C29H26FN3O2. The monoisotopic (exact) mass is 467 g/mol. The SMILES string of the molecule is Cc1cnc(C)c(-c2ccc(F)c3c2OC(CNC(=O)C(c2ccccc2)c2ccccc2)C3)n1. The number of hydrogen-bond acceptors (Lipinski definition) is 4. The summed E-state index contributed by atoms with van der Waals surface area (Å²) < 4.78 is 20.9. The van der Waals surface area contributed by atoms with Gasteiger partial charge in [-0.1, -0.05) is 60.7 Å². The number of aryl methyl sites for hydroxylation is 2. The quantitative estimate of drug-likeness (QED) is 0.426.